The highest BCUT2D eigenvalue weighted by atomic mass is 19.4. The minimum Gasteiger partial charge on any atom is -0.633 e. The first-order valence-corrected chi connectivity index (χ1v) is 9.75. The van der Waals surface area contributed by atoms with Crippen molar-refractivity contribution >= 4 is 0 Å². The molecular formula is C20H24F3N3O2. The monoisotopic (exact) mass is 395 g/mol. The molecule has 2 heterocycles. The van der Waals surface area contributed by atoms with E-state index in [4.69, 9.17) is 4.74 Å². The molecule has 2 aromatic rings. The molecule has 5 nitrogen and oxygen atoms in total. The molecule has 1 atom stereocenters. The topological polar surface area (TPSA) is 50.1 Å². The van der Waals surface area contributed by atoms with Gasteiger partial charge in [-0.15, -0.1) is 0 Å². The number of quaternary nitrogens is 1. The Kier molecular flexibility index (Phi) is 5.20. The molecule has 8 heteroatoms. The molecule has 0 bridgehead atoms. The Balaban J connectivity index is 1.51. The largest absolute Gasteiger partial charge is 0.633 e. The summed E-state index contributed by atoms with van der Waals surface area (Å²) in [5.41, 5.74) is 2.15. The van der Waals surface area contributed by atoms with Crippen LogP contribution in [0.25, 0.3) is 5.69 Å². The second-order valence-corrected chi connectivity index (χ2v) is 7.72. The van der Waals surface area contributed by atoms with Gasteiger partial charge in [-0.1, -0.05) is 0 Å². The third-order valence-corrected chi connectivity index (χ3v) is 5.92. The van der Waals surface area contributed by atoms with Crippen LogP contribution in [0.2, 0.25) is 0 Å². The quantitative estimate of drug-likeness (QED) is 0.580. The minimum absolute atomic E-state index is 0.196. The first-order valence-electron chi connectivity index (χ1n) is 9.75. The lowest BCUT2D eigenvalue weighted by atomic mass is 9.84. The van der Waals surface area contributed by atoms with Crippen molar-refractivity contribution in [3.05, 3.63) is 52.5 Å². The third kappa shape index (κ3) is 3.94. The predicted octanol–water partition coefficient (Wildman–Crippen LogP) is 4.05. The summed E-state index contributed by atoms with van der Waals surface area (Å²) < 4.78 is 45.2. The summed E-state index contributed by atoms with van der Waals surface area (Å²) in [5, 5.41) is 17.2. The molecule has 0 amide bonds. The molecule has 1 aliphatic carbocycles. The molecule has 0 radical (unpaired) electrons. The van der Waals surface area contributed by atoms with E-state index in [1.165, 1.54) is 12.1 Å². The van der Waals surface area contributed by atoms with Crippen LogP contribution in [0, 0.1) is 5.21 Å². The summed E-state index contributed by atoms with van der Waals surface area (Å²) in [7, 11) is 0. The number of rotatable bonds is 4. The van der Waals surface area contributed by atoms with Crippen LogP contribution in [0.3, 0.4) is 0 Å². The highest BCUT2D eigenvalue weighted by Crippen LogP contribution is 2.36. The van der Waals surface area contributed by atoms with Gasteiger partial charge in [-0.3, -0.25) is 0 Å². The molecule has 152 valence electrons. The summed E-state index contributed by atoms with van der Waals surface area (Å²) in [4.78, 5) is 0. The maximum Gasteiger partial charge on any atom is 0.416 e. The number of fused-ring (bicyclic) bond motifs is 1. The zero-order valence-electron chi connectivity index (χ0n) is 15.6. The number of hydrogen-bond donors (Lipinski definition) is 0. The van der Waals surface area contributed by atoms with Crippen molar-refractivity contribution in [2.75, 3.05) is 32.8 Å². The van der Waals surface area contributed by atoms with E-state index >= 15 is 0 Å². The van der Waals surface area contributed by atoms with E-state index in [-0.39, 0.29) is 10.6 Å². The van der Waals surface area contributed by atoms with Crippen molar-refractivity contribution in [3.63, 3.8) is 0 Å². The van der Waals surface area contributed by atoms with Gasteiger partial charge in [-0.25, -0.2) is 4.68 Å². The van der Waals surface area contributed by atoms with Gasteiger partial charge in [0.1, 0.15) is 13.1 Å². The summed E-state index contributed by atoms with van der Waals surface area (Å²) in [6.45, 7) is 2.62. The van der Waals surface area contributed by atoms with Crippen LogP contribution in [0.4, 0.5) is 13.2 Å². The van der Waals surface area contributed by atoms with Gasteiger partial charge in [0.2, 0.25) is 0 Å². The number of aromatic nitrogens is 2. The van der Waals surface area contributed by atoms with Gasteiger partial charge in [0.25, 0.3) is 0 Å². The van der Waals surface area contributed by atoms with Crippen LogP contribution >= 0.6 is 0 Å². The maximum absolute atomic E-state index is 12.8. The fourth-order valence-electron chi connectivity index (χ4n) is 4.25. The van der Waals surface area contributed by atoms with Crippen molar-refractivity contribution in [3.8, 4) is 5.69 Å². The lowest BCUT2D eigenvalue weighted by Gasteiger charge is -2.46. The van der Waals surface area contributed by atoms with E-state index in [1.807, 2.05) is 6.20 Å². The molecule has 0 N–H and O–H groups in total. The second-order valence-electron chi connectivity index (χ2n) is 7.72. The van der Waals surface area contributed by atoms with Gasteiger partial charge in [0.05, 0.1) is 37.2 Å². The molecule has 1 unspecified atom stereocenters. The van der Waals surface area contributed by atoms with E-state index in [2.05, 4.69) is 5.10 Å². The number of hydrogen-bond acceptors (Lipinski definition) is 3. The zero-order chi connectivity index (χ0) is 19.8. The Morgan fingerprint density at radius 3 is 2.57 bits per heavy atom. The first kappa shape index (κ1) is 19.4. The van der Waals surface area contributed by atoms with Crippen molar-refractivity contribution < 1.29 is 22.6 Å². The number of benzene rings is 1. The lowest BCUT2D eigenvalue weighted by molar-refractivity contribution is -0.889. The van der Waals surface area contributed by atoms with Gasteiger partial charge in [0.15, 0.2) is 0 Å². The average Bonchev–Trinajstić information content (AvgIpc) is 3.11. The van der Waals surface area contributed by atoms with Crippen LogP contribution in [0.15, 0.2) is 30.5 Å². The van der Waals surface area contributed by atoms with Gasteiger partial charge >= 0.3 is 6.18 Å². The normalized spacial score (nSPS) is 22.1. The SMILES string of the molecule is [O-][N+]1(CCC2CCCc3c2cnn3-c2ccc(C(F)(F)F)cc2)CCOCC1. The van der Waals surface area contributed by atoms with E-state index in [1.54, 1.807) is 4.68 Å². The van der Waals surface area contributed by atoms with Gasteiger partial charge in [-0.05, 0) is 55.0 Å². The summed E-state index contributed by atoms with van der Waals surface area (Å²) in [6.07, 6.45) is 1.14. The molecule has 28 heavy (non-hydrogen) atoms. The highest BCUT2D eigenvalue weighted by molar-refractivity contribution is 5.39. The Bertz CT molecular complexity index is 811. The standard InChI is InChI=1S/C20H24F3N3O2/c21-20(22,23)16-4-6-17(7-5-16)25-19-3-1-2-15(18(19)14-24-25)8-9-26(27)10-12-28-13-11-26/h4-7,14-15H,1-3,8-13H2. The number of alkyl halides is 3. The van der Waals surface area contributed by atoms with Gasteiger partial charge in [0, 0.05) is 12.1 Å². The van der Waals surface area contributed by atoms with Crippen molar-refractivity contribution in [2.24, 2.45) is 0 Å². The van der Waals surface area contributed by atoms with Crippen molar-refractivity contribution in [1.82, 2.24) is 9.78 Å². The van der Waals surface area contributed by atoms with E-state index in [9.17, 15) is 18.4 Å². The molecule has 0 saturated carbocycles. The Hall–Kier alpha value is -1.90. The number of nitrogens with zero attached hydrogens (tertiary/aromatic N) is 3. The summed E-state index contributed by atoms with van der Waals surface area (Å²) >= 11 is 0. The van der Waals surface area contributed by atoms with Crippen molar-refractivity contribution in [1.29, 1.82) is 0 Å². The molecule has 4 rings (SSSR count). The molecular weight excluding hydrogens is 371 g/mol. The average molecular weight is 395 g/mol. The molecule has 1 fully saturated rings. The third-order valence-electron chi connectivity index (χ3n) is 5.92. The van der Waals surface area contributed by atoms with E-state index in [0.717, 1.165) is 49.1 Å². The summed E-state index contributed by atoms with van der Waals surface area (Å²) in [5.74, 6) is 0.277. The Morgan fingerprint density at radius 2 is 1.89 bits per heavy atom. The van der Waals surface area contributed by atoms with Gasteiger partial charge < -0.3 is 14.6 Å². The molecule has 1 aromatic carbocycles. The predicted molar refractivity (Wildman–Crippen MR) is 97.9 cm³/mol. The fraction of sp³-hybridized carbons (Fsp3) is 0.550. The zero-order valence-corrected chi connectivity index (χ0v) is 15.6. The van der Waals surface area contributed by atoms with Crippen LogP contribution in [0.5, 0.6) is 0 Å². The lowest BCUT2D eigenvalue weighted by Crippen LogP contribution is -2.51. The highest BCUT2D eigenvalue weighted by Gasteiger charge is 2.31. The Labute approximate surface area is 161 Å². The molecule has 2 aliphatic rings. The van der Waals surface area contributed by atoms with Crippen molar-refractivity contribution in [2.45, 2.75) is 37.8 Å². The number of morpholine rings is 1. The van der Waals surface area contributed by atoms with Crippen LogP contribution in [0.1, 0.15) is 42.0 Å². The molecule has 1 saturated heterocycles. The fourth-order valence-corrected chi connectivity index (χ4v) is 4.25. The number of ether oxygens (including phenoxy) is 1. The molecule has 0 spiro atoms. The smallest absolute Gasteiger partial charge is 0.416 e. The van der Waals surface area contributed by atoms with E-state index in [0.29, 0.717) is 38.5 Å². The molecule has 1 aliphatic heterocycles. The first-order chi connectivity index (χ1) is 13.4. The second kappa shape index (κ2) is 7.50. The van der Waals surface area contributed by atoms with Crippen LogP contribution in [-0.4, -0.2) is 47.3 Å². The minimum atomic E-state index is -4.34. The number of hydroxylamine groups is 3. The maximum atomic E-state index is 12.8. The van der Waals surface area contributed by atoms with Crippen LogP contribution in [-0.2, 0) is 17.3 Å². The molecule has 1 aromatic heterocycles. The summed E-state index contributed by atoms with van der Waals surface area (Å²) in [6, 6.07) is 5.11. The Morgan fingerprint density at radius 1 is 1.18 bits per heavy atom. The van der Waals surface area contributed by atoms with E-state index < -0.39 is 11.7 Å². The number of halogens is 3. The van der Waals surface area contributed by atoms with Gasteiger partial charge in [-0.2, -0.15) is 18.3 Å². The van der Waals surface area contributed by atoms with Crippen LogP contribution < -0.4 is 0 Å².